The van der Waals surface area contributed by atoms with E-state index in [-0.39, 0.29) is 17.3 Å². The quantitative estimate of drug-likeness (QED) is 0.570. The summed E-state index contributed by atoms with van der Waals surface area (Å²) in [6.45, 7) is -2.90. The van der Waals surface area contributed by atoms with Gasteiger partial charge in [0.15, 0.2) is 17.2 Å². The maximum absolute atomic E-state index is 12.2. The molecule has 0 fully saturated rings. The number of alkyl halides is 2. The van der Waals surface area contributed by atoms with E-state index >= 15 is 0 Å². The Morgan fingerprint density at radius 2 is 1.74 bits per heavy atom. The second-order valence-corrected chi connectivity index (χ2v) is 5.35. The molecule has 0 saturated carbocycles. The first kappa shape index (κ1) is 18.4. The normalized spacial score (nSPS) is 14.9. The number of esters is 1. The van der Waals surface area contributed by atoms with Crippen LogP contribution in [0.4, 0.5) is 8.78 Å². The number of ether oxygens (including phenoxy) is 4. The maximum atomic E-state index is 12.2. The van der Waals surface area contributed by atoms with Gasteiger partial charge in [-0.15, -0.1) is 0 Å². The van der Waals surface area contributed by atoms with E-state index < -0.39 is 12.6 Å². The number of halogens is 2. The molecule has 1 aliphatic rings. The molecule has 0 N–H and O–H groups in total. The molecule has 0 aromatic heterocycles. The van der Waals surface area contributed by atoms with Gasteiger partial charge in [0.2, 0.25) is 5.90 Å². The standard InChI is InChI=1S/C19H15F2NO5/c1-24-15-8-5-12(10-16(15)25-2)17-22-14(18(23)27-17)9-11-3-6-13(7-4-11)26-19(20)21/h3-10,19H,1-2H3/b14-9+. The Morgan fingerprint density at radius 3 is 2.37 bits per heavy atom. The van der Waals surface area contributed by atoms with Gasteiger partial charge in [0, 0.05) is 5.56 Å². The van der Waals surface area contributed by atoms with E-state index in [0.717, 1.165) is 0 Å². The SMILES string of the molecule is COc1ccc(C2=N/C(=C/c3ccc(OC(F)F)cc3)C(=O)O2)cc1OC. The summed E-state index contributed by atoms with van der Waals surface area (Å²) in [6.07, 6.45) is 1.49. The predicted molar refractivity (Wildman–Crippen MR) is 93.2 cm³/mol. The Hall–Kier alpha value is -3.42. The van der Waals surface area contributed by atoms with Gasteiger partial charge >= 0.3 is 12.6 Å². The van der Waals surface area contributed by atoms with E-state index in [4.69, 9.17) is 14.2 Å². The highest BCUT2D eigenvalue weighted by molar-refractivity contribution is 6.13. The highest BCUT2D eigenvalue weighted by Gasteiger charge is 2.25. The van der Waals surface area contributed by atoms with Crippen LogP contribution in [0, 0.1) is 0 Å². The third-order valence-corrected chi connectivity index (χ3v) is 3.66. The molecule has 8 heteroatoms. The largest absolute Gasteiger partial charge is 0.493 e. The Morgan fingerprint density at radius 1 is 1.04 bits per heavy atom. The van der Waals surface area contributed by atoms with Gasteiger partial charge in [0.1, 0.15) is 5.75 Å². The Balaban J connectivity index is 1.84. The second-order valence-electron chi connectivity index (χ2n) is 5.35. The summed E-state index contributed by atoms with van der Waals surface area (Å²) in [5.41, 5.74) is 1.22. The smallest absolute Gasteiger partial charge is 0.387 e. The number of carbonyl (C=O) groups is 1. The van der Waals surface area contributed by atoms with Crippen LogP contribution >= 0.6 is 0 Å². The number of carbonyl (C=O) groups excluding carboxylic acids is 1. The monoisotopic (exact) mass is 375 g/mol. The predicted octanol–water partition coefficient (Wildman–Crippen LogP) is 3.65. The molecule has 3 rings (SSSR count). The molecule has 0 unspecified atom stereocenters. The lowest BCUT2D eigenvalue weighted by Gasteiger charge is -2.08. The summed E-state index contributed by atoms with van der Waals surface area (Å²) < 4.78 is 44.2. The molecular formula is C19H15F2NO5. The molecule has 0 aliphatic carbocycles. The van der Waals surface area contributed by atoms with Crippen molar-refractivity contribution in [2.24, 2.45) is 4.99 Å². The van der Waals surface area contributed by atoms with Gasteiger partial charge in [-0.25, -0.2) is 9.79 Å². The van der Waals surface area contributed by atoms with Crippen LogP contribution < -0.4 is 14.2 Å². The van der Waals surface area contributed by atoms with Crippen molar-refractivity contribution in [2.45, 2.75) is 6.61 Å². The van der Waals surface area contributed by atoms with Gasteiger partial charge in [0.25, 0.3) is 0 Å². The molecule has 0 amide bonds. The molecular weight excluding hydrogens is 360 g/mol. The van der Waals surface area contributed by atoms with Crippen LogP contribution in [0.5, 0.6) is 17.2 Å². The van der Waals surface area contributed by atoms with Crippen LogP contribution in [0.3, 0.4) is 0 Å². The number of hydrogen-bond acceptors (Lipinski definition) is 6. The fourth-order valence-electron chi connectivity index (χ4n) is 2.41. The lowest BCUT2D eigenvalue weighted by atomic mass is 10.2. The number of cyclic esters (lactones) is 1. The Kier molecular flexibility index (Phi) is 5.35. The van der Waals surface area contributed by atoms with Crippen LogP contribution in [-0.2, 0) is 9.53 Å². The fourth-order valence-corrected chi connectivity index (χ4v) is 2.41. The topological polar surface area (TPSA) is 66.4 Å². The zero-order valence-electron chi connectivity index (χ0n) is 14.4. The fraction of sp³-hybridized carbons (Fsp3) is 0.158. The maximum Gasteiger partial charge on any atom is 0.387 e. The lowest BCUT2D eigenvalue weighted by Crippen LogP contribution is -2.06. The third kappa shape index (κ3) is 4.22. The Bertz CT molecular complexity index is 907. The molecule has 140 valence electrons. The van der Waals surface area contributed by atoms with Crippen LogP contribution in [0.2, 0.25) is 0 Å². The van der Waals surface area contributed by atoms with Crippen LogP contribution in [0.15, 0.2) is 53.2 Å². The molecule has 2 aromatic rings. The molecule has 1 aliphatic heterocycles. The van der Waals surface area contributed by atoms with Gasteiger partial charge in [-0.3, -0.25) is 0 Å². The number of hydrogen-bond donors (Lipinski definition) is 0. The summed E-state index contributed by atoms with van der Waals surface area (Å²) in [4.78, 5) is 16.3. The minimum Gasteiger partial charge on any atom is -0.493 e. The molecule has 0 spiro atoms. The lowest BCUT2D eigenvalue weighted by molar-refractivity contribution is -0.129. The summed E-state index contributed by atoms with van der Waals surface area (Å²) >= 11 is 0. The number of methoxy groups -OCH3 is 2. The summed E-state index contributed by atoms with van der Waals surface area (Å²) in [7, 11) is 3.01. The van der Waals surface area contributed by atoms with Crippen LogP contribution in [-0.4, -0.2) is 32.7 Å². The average Bonchev–Trinajstić information content (AvgIpc) is 3.02. The zero-order chi connectivity index (χ0) is 19.4. The van der Waals surface area contributed by atoms with Gasteiger partial charge < -0.3 is 18.9 Å². The minimum absolute atomic E-state index is 0.0238. The van der Waals surface area contributed by atoms with Gasteiger partial charge in [-0.1, -0.05) is 12.1 Å². The summed E-state index contributed by atoms with van der Waals surface area (Å²) in [6, 6.07) is 10.8. The van der Waals surface area contributed by atoms with Crippen molar-refractivity contribution in [3.8, 4) is 17.2 Å². The van der Waals surface area contributed by atoms with Crippen molar-refractivity contribution < 1.29 is 32.5 Å². The number of rotatable bonds is 6. The second kappa shape index (κ2) is 7.86. The first-order valence-electron chi connectivity index (χ1n) is 7.80. The van der Waals surface area contributed by atoms with Gasteiger partial charge in [-0.05, 0) is 42.0 Å². The van der Waals surface area contributed by atoms with Crippen molar-refractivity contribution in [2.75, 3.05) is 14.2 Å². The van der Waals surface area contributed by atoms with Crippen molar-refractivity contribution in [1.29, 1.82) is 0 Å². The number of benzene rings is 2. The van der Waals surface area contributed by atoms with Crippen LogP contribution in [0.25, 0.3) is 6.08 Å². The van der Waals surface area contributed by atoms with Gasteiger partial charge in [-0.2, -0.15) is 8.78 Å². The summed E-state index contributed by atoms with van der Waals surface area (Å²) in [5, 5.41) is 0. The average molecular weight is 375 g/mol. The van der Waals surface area contributed by atoms with Gasteiger partial charge in [0.05, 0.1) is 14.2 Å². The van der Waals surface area contributed by atoms with E-state index in [1.807, 2.05) is 0 Å². The molecule has 0 bridgehead atoms. The molecule has 0 atom stereocenters. The minimum atomic E-state index is -2.90. The van der Waals surface area contributed by atoms with E-state index in [0.29, 0.717) is 22.6 Å². The third-order valence-electron chi connectivity index (χ3n) is 3.66. The van der Waals surface area contributed by atoms with Crippen molar-refractivity contribution in [1.82, 2.24) is 0 Å². The summed E-state index contributed by atoms with van der Waals surface area (Å²) in [5.74, 6) is 0.544. The number of nitrogens with zero attached hydrogens (tertiary/aromatic N) is 1. The molecule has 6 nitrogen and oxygen atoms in total. The van der Waals surface area contributed by atoms with Crippen molar-refractivity contribution in [3.63, 3.8) is 0 Å². The molecule has 0 saturated heterocycles. The molecule has 27 heavy (non-hydrogen) atoms. The Labute approximate surface area is 153 Å². The molecule has 2 aromatic carbocycles. The highest BCUT2D eigenvalue weighted by atomic mass is 19.3. The molecule has 0 radical (unpaired) electrons. The first-order chi connectivity index (χ1) is 13.0. The highest BCUT2D eigenvalue weighted by Crippen LogP contribution is 2.29. The van der Waals surface area contributed by atoms with E-state index in [1.54, 1.807) is 18.2 Å². The zero-order valence-corrected chi connectivity index (χ0v) is 14.4. The van der Waals surface area contributed by atoms with E-state index in [2.05, 4.69) is 9.73 Å². The first-order valence-corrected chi connectivity index (χ1v) is 7.80. The van der Waals surface area contributed by atoms with Crippen molar-refractivity contribution >= 4 is 17.9 Å². The van der Waals surface area contributed by atoms with E-state index in [9.17, 15) is 13.6 Å². The van der Waals surface area contributed by atoms with Crippen molar-refractivity contribution in [3.05, 3.63) is 59.3 Å². The molecule has 1 heterocycles. The van der Waals surface area contributed by atoms with E-state index in [1.165, 1.54) is 44.6 Å². The van der Waals surface area contributed by atoms with Crippen LogP contribution in [0.1, 0.15) is 11.1 Å². The number of aliphatic imine (C=N–C) groups is 1.